The van der Waals surface area contributed by atoms with Crippen molar-refractivity contribution in [2.24, 2.45) is 0 Å². The Hall–Kier alpha value is -3.40. The number of ketones is 1. The van der Waals surface area contributed by atoms with E-state index in [0.717, 1.165) is 0 Å². The van der Waals surface area contributed by atoms with Gasteiger partial charge in [-0.1, -0.05) is 6.07 Å². The first-order valence-corrected chi connectivity index (χ1v) is 7.87. The topological polar surface area (TPSA) is 103 Å². The summed E-state index contributed by atoms with van der Waals surface area (Å²) >= 11 is 0. The molecule has 0 bridgehead atoms. The highest BCUT2D eigenvalue weighted by molar-refractivity contribution is 6.02. The fraction of sp³-hybridized carbons (Fsp3) is 0.263. The molecule has 0 fully saturated rings. The van der Waals surface area contributed by atoms with Crippen LogP contribution in [-0.4, -0.2) is 36.8 Å². The van der Waals surface area contributed by atoms with Gasteiger partial charge < -0.3 is 14.6 Å². The molecule has 0 saturated heterocycles. The van der Waals surface area contributed by atoms with Crippen molar-refractivity contribution in [1.29, 1.82) is 5.26 Å². The standard InChI is InChI=1S/C19H19N3O4/c1-11-17(19(25)26-4)15(21-18(11)12(2)23)9-16(24)22(3)14-7-5-6-13(8-14)10-20/h5-8,21H,9H2,1-4H3. The van der Waals surface area contributed by atoms with E-state index in [9.17, 15) is 14.4 Å². The predicted octanol–water partition coefficient (Wildman–Crippen LogP) is 2.39. The molecule has 2 rings (SSSR count). The lowest BCUT2D eigenvalue weighted by Crippen LogP contribution is -2.28. The van der Waals surface area contributed by atoms with Gasteiger partial charge in [0.15, 0.2) is 5.78 Å². The van der Waals surface area contributed by atoms with Crippen LogP contribution in [0, 0.1) is 18.3 Å². The first-order valence-electron chi connectivity index (χ1n) is 7.87. The number of nitrogens with zero attached hydrogens (tertiary/aromatic N) is 2. The maximum atomic E-state index is 12.7. The number of amides is 1. The Morgan fingerprint density at radius 2 is 2.00 bits per heavy atom. The Morgan fingerprint density at radius 1 is 1.31 bits per heavy atom. The van der Waals surface area contributed by atoms with Crippen LogP contribution in [0.4, 0.5) is 5.69 Å². The molecule has 1 aromatic carbocycles. The van der Waals surface area contributed by atoms with Crippen LogP contribution in [0.1, 0.15) is 44.6 Å². The fourth-order valence-corrected chi connectivity index (χ4v) is 2.72. The maximum Gasteiger partial charge on any atom is 0.339 e. The Labute approximate surface area is 151 Å². The zero-order valence-electron chi connectivity index (χ0n) is 15.0. The number of benzene rings is 1. The second kappa shape index (κ2) is 7.66. The van der Waals surface area contributed by atoms with Crippen LogP contribution >= 0.6 is 0 Å². The van der Waals surface area contributed by atoms with Crippen LogP contribution in [0.25, 0.3) is 0 Å². The molecule has 0 aliphatic carbocycles. The van der Waals surface area contributed by atoms with Gasteiger partial charge in [0.1, 0.15) is 0 Å². The van der Waals surface area contributed by atoms with Gasteiger partial charge in [-0.15, -0.1) is 0 Å². The number of methoxy groups -OCH3 is 1. The van der Waals surface area contributed by atoms with E-state index < -0.39 is 5.97 Å². The van der Waals surface area contributed by atoms with E-state index in [4.69, 9.17) is 10.00 Å². The molecule has 2 aromatic rings. The molecule has 1 aromatic heterocycles. The number of hydrogen-bond acceptors (Lipinski definition) is 5. The molecule has 0 unspecified atom stereocenters. The van der Waals surface area contributed by atoms with Gasteiger partial charge in [-0.2, -0.15) is 5.26 Å². The Bertz CT molecular complexity index is 921. The second-order valence-corrected chi connectivity index (χ2v) is 5.82. The molecule has 0 aliphatic rings. The number of hydrogen-bond donors (Lipinski definition) is 1. The molecule has 0 saturated carbocycles. The van der Waals surface area contributed by atoms with Crippen molar-refractivity contribution in [1.82, 2.24) is 4.98 Å². The number of aromatic nitrogens is 1. The van der Waals surface area contributed by atoms with Gasteiger partial charge in [-0.25, -0.2) is 4.79 Å². The van der Waals surface area contributed by atoms with E-state index >= 15 is 0 Å². The summed E-state index contributed by atoms with van der Waals surface area (Å²) in [6, 6.07) is 8.66. The molecule has 1 N–H and O–H groups in total. The molecular weight excluding hydrogens is 334 g/mol. The Morgan fingerprint density at radius 3 is 2.58 bits per heavy atom. The highest BCUT2D eigenvalue weighted by Gasteiger charge is 2.25. The van der Waals surface area contributed by atoms with Crippen LogP contribution in [0.15, 0.2) is 24.3 Å². The van der Waals surface area contributed by atoms with Crippen LogP contribution < -0.4 is 4.90 Å². The average molecular weight is 353 g/mol. The zero-order valence-corrected chi connectivity index (χ0v) is 15.0. The molecule has 1 heterocycles. The lowest BCUT2D eigenvalue weighted by atomic mass is 10.1. The number of rotatable bonds is 5. The molecule has 0 spiro atoms. The summed E-state index contributed by atoms with van der Waals surface area (Å²) in [5.41, 5.74) is 2.26. The maximum absolute atomic E-state index is 12.7. The van der Waals surface area contributed by atoms with Gasteiger partial charge in [0.05, 0.1) is 36.4 Å². The third-order valence-electron chi connectivity index (χ3n) is 4.13. The summed E-state index contributed by atoms with van der Waals surface area (Å²) in [7, 11) is 2.83. The van der Waals surface area contributed by atoms with Crippen LogP contribution in [0.3, 0.4) is 0 Å². The quantitative estimate of drug-likeness (QED) is 0.656. The van der Waals surface area contributed by atoms with Gasteiger partial charge >= 0.3 is 5.97 Å². The van der Waals surface area contributed by atoms with Crippen molar-refractivity contribution >= 4 is 23.3 Å². The summed E-state index contributed by atoms with van der Waals surface area (Å²) in [6.45, 7) is 3.01. The monoisotopic (exact) mass is 353 g/mol. The van der Waals surface area contributed by atoms with E-state index in [1.807, 2.05) is 6.07 Å². The lowest BCUT2D eigenvalue weighted by molar-refractivity contribution is -0.117. The molecule has 134 valence electrons. The summed E-state index contributed by atoms with van der Waals surface area (Å²) in [6.07, 6.45) is -0.119. The summed E-state index contributed by atoms with van der Waals surface area (Å²) in [5, 5.41) is 8.99. The highest BCUT2D eigenvalue weighted by atomic mass is 16.5. The zero-order chi connectivity index (χ0) is 19.4. The van der Waals surface area contributed by atoms with Crippen molar-refractivity contribution < 1.29 is 19.1 Å². The number of H-pyrrole nitrogens is 1. The number of nitriles is 1. The van der Waals surface area contributed by atoms with Gasteiger partial charge in [0.2, 0.25) is 5.91 Å². The number of anilines is 1. The number of carbonyl (C=O) groups excluding carboxylic acids is 3. The minimum absolute atomic E-state index is 0.119. The fourth-order valence-electron chi connectivity index (χ4n) is 2.72. The second-order valence-electron chi connectivity index (χ2n) is 5.82. The molecule has 0 aliphatic heterocycles. The number of carbonyl (C=O) groups is 3. The number of aromatic amines is 1. The van der Waals surface area contributed by atoms with Crippen LogP contribution in [-0.2, 0) is 16.0 Å². The summed E-state index contributed by atoms with van der Waals surface area (Å²) in [4.78, 5) is 40.7. The first-order chi connectivity index (χ1) is 12.3. The number of Topliss-reactive ketones (excluding diaryl/α,β-unsaturated/α-hetero) is 1. The third-order valence-corrected chi connectivity index (χ3v) is 4.13. The van der Waals surface area contributed by atoms with Crippen LogP contribution in [0.2, 0.25) is 0 Å². The van der Waals surface area contributed by atoms with E-state index in [1.54, 1.807) is 38.2 Å². The number of esters is 1. The van der Waals surface area contributed by atoms with Crippen molar-refractivity contribution in [3.63, 3.8) is 0 Å². The van der Waals surface area contributed by atoms with Gasteiger partial charge in [0, 0.05) is 25.4 Å². The van der Waals surface area contributed by atoms with Crippen molar-refractivity contribution in [2.75, 3.05) is 19.1 Å². The van der Waals surface area contributed by atoms with Crippen molar-refractivity contribution in [3.8, 4) is 6.07 Å². The summed E-state index contributed by atoms with van der Waals surface area (Å²) < 4.78 is 4.78. The van der Waals surface area contributed by atoms with Gasteiger partial charge in [0.25, 0.3) is 0 Å². The lowest BCUT2D eigenvalue weighted by Gasteiger charge is -2.17. The molecule has 1 amide bonds. The summed E-state index contributed by atoms with van der Waals surface area (Å²) in [5.74, 6) is -1.15. The Balaban J connectivity index is 2.36. The van der Waals surface area contributed by atoms with Crippen LogP contribution in [0.5, 0.6) is 0 Å². The highest BCUT2D eigenvalue weighted by Crippen LogP contribution is 2.22. The number of ether oxygens (including phenoxy) is 1. The average Bonchev–Trinajstić information content (AvgIpc) is 2.96. The Kier molecular flexibility index (Phi) is 5.58. The van der Waals surface area contributed by atoms with Gasteiger partial charge in [-0.3, -0.25) is 9.59 Å². The third kappa shape index (κ3) is 3.64. The predicted molar refractivity (Wildman–Crippen MR) is 95.1 cm³/mol. The normalized spacial score (nSPS) is 10.1. The minimum Gasteiger partial charge on any atom is -0.465 e. The van der Waals surface area contributed by atoms with E-state index in [1.165, 1.54) is 18.9 Å². The molecule has 7 nitrogen and oxygen atoms in total. The molecule has 26 heavy (non-hydrogen) atoms. The smallest absolute Gasteiger partial charge is 0.339 e. The molecular formula is C19H19N3O4. The van der Waals surface area contributed by atoms with Crippen molar-refractivity contribution in [3.05, 3.63) is 52.3 Å². The molecule has 0 radical (unpaired) electrons. The number of nitrogens with one attached hydrogen (secondary N) is 1. The van der Waals surface area contributed by atoms with Crippen molar-refractivity contribution in [2.45, 2.75) is 20.3 Å². The SMILES string of the molecule is COC(=O)c1c(CC(=O)N(C)c2cccc(C#N)c2)[nH]c(C(C)=O)c1C. The van der Waals surface area contributed by atoms with E-state index in [0.29, 0.717) is 22.5 Å². The van der Waals surface area contributed by atoms with E-state index in [-0.39, 0.29) is 29.4 Å². The van der Waals surface area contributed by atoms with E-state index in [2.05, 4.69) is 4.98 Å². The number of likely N-dealkylation sites (N-methyl/N-ethyl adjacent to an activating group) is 1. The van der Waals surface area contributed by atoms with Gasteiger partial charge in [-0.05, 0) is 30.7 Å². The largest absolute Gasteiger partial charge is 0.465 e. The minimum atomic E-state index is -0.608. The first kappa shape index (κ1) is 18.9. The molecule has 7 heteroatoms. The molecule has 0 atom stereocenters.